The van der Waals surface area contributed by atoms with Gasteiger partial charge in [-0.2, -0.15) is 0 Å². The third-order valence-corrected chi connectivity index (χ3v) is 11.7. The Bertz CT molecular complexity index is 2330. The normalized spacial score (nSPS) is 24.9. The molecule has 2 heterocycles. The van der Waals surface area contributed by atoms with E-state index < -0.39 is 67.4 Å². The SMILES string of the molecule is CC(=O)OC1C(OCc2ccccc2)[C@H](OCc2ccccc2)C(COCc2ccccc2)O[C@H]1OCC1O[C@H](O)C(OCc2ccccc2)C(OCc2ccccc2)[C@@H]1OCc1ccccc1. The highest BCUT2D eigenvalue weighted by atomic mass is 16.7. The largest absolute Gasteiger partial charge is 0.454 e. The van der Waals surface area contributed by atoms with E-state index in [-0.39, 0.29) is 46.2 Å². The molecule has 68 heavy (non-hydrogen) atoms. The van der Waals surface area contributed by atoms with Gasteiger partial charge in [0.15, 0.2) is 18.7 Å². The Morgan fingerprint density at radius 2 is 0.721 bits per heavy atom. The first-order valence-corrected chi connectivity index (χ1v) is 23.1. The van der Waals surface area contributed by atoms with Gasteiger partial charge in [-0.25, -0.2) is 0 Å². The molecule has 0 bridgehead atoms. The lowest BCUT2D eigenvalue weighted by molar-refractivity contribution is -0.345. The van der Waals surface area contributed by atoms with Crippen LogP contribution in [0.4, 0.5) is 0 Å². The average Bonchev–Trinajstić information content (AvgIpc) is 3.38. The van der Waals surface area contributed by atoms with E-state index in [0.717, 1.165) is 33.4 Å². The topological polar surface area (TPSA) is 130 Å². The molecule has 6 aromatic rings. The Hall–Kier alpha value is -5.61. The Morgan fingerprint density at radius 1 is 0.397 bits per heavy atom. The first-order chi connectivity index (χ1) is 33.5. The third-order valence-electron chi connectivity index (χ3n) is 11.7. The molecule has 0 amide bonds. The van der Waals surface area contributed by atoms with Gasteiger partial charge in [-0.1, -0.05) is 182 Å². The van der Waals surface area contributed by atoms with Crippen LogP contribution in [0.25, 0.3) is 0 Å². The van der Waals surface area contributed by atoms with Gasteiger partial charge in [-0.3, -0.25) is 4.79 Å². The second-order valence-electron chi connectivity index (χ2n) is 16.8. The molecule has 2 aliphatic rings. The molecule has 1 N–H and O–H groups in total. The quantitative estimate of drug-likeness (QED) is 0.0619. The smallest absolute Gasteiger partial charge is 0.303 e. The van der Waals surface area contributed by atoms with Gasteiger partial charge in [0, 0.05) is 6.92 Å². The summed E-state index contributed by atoms with van der Waals surface area (Å²) in [6.45, 7) is 2.54. The van der Waals surface area contributed by atoms with Gasteiger partial charge in [0.25, 0.3) is 0 Å². The van der Waals surface area contributed by atoms with Crippen molar-refractivity contribution in [1.29, 1.82) is 0 Å². The van der Waals surface area contributed by atoms with Crippen molar-refractivity contribution >= 4 is 5.97 Å². The van der Waals surface area contributed by atoms with E-state index in [0.29, 0.717) is 6.61 Å². The lowest BCUT2D eigenvalue weighted by atomic mass is 9.97. The van der Waals surface area contributed by atoms with Crippen LogP contribution in [0.3, 0.4) is 0 Å². The highest BCUT2D eigenvalue weighted by molar-refractivity contribution is 5.66. The van der Waals surface area contributed by atoms with Crippen molar-refractivity contribution in [1.82, 2.24) is 0 Å². The summed E-state index contributed by atoms with van der Waals surface area (Å²) in [6.07, 6.45) is -9.79. The highest BCUT2D eigenvalue weighted by Crippen LogP contribution is 2.34. The second-order valence-corrected chi connectivity index (χ2v) is 16.8. The minimum atomic E-state index is -1.45. The predicted molar refractivity (Wildman–Crippen MR) is 252 cm³/mol. The van der Waals surface area contributed by atoms with Crippen molar-refractivity contribution in [3.8, 4) is 0 Å². The average molecular weight is 925 g/mol. The molecule has 0 spiro atoms. The molecule has 10 atom stereocenters. The molecule has 2 saturated heterocycles. The summed E-state index contributed by atoms with van der Waals surface area (Å²) in [4.78, 5) is 13.1. The lowest BCUT2D eigenvalue weighted by Gasteiger charge is -2.47. The van der Waals surface area contributed by atoms with Crippen molar-refractivity contribution < 1.29 is 57.3 Å². The van der Waals surface area contributed by atoms with Gasteiger partial charge >= 0.3 is 5.97 Å². The van der Waals surface area contributed by atoms with E-state index in [1.165, 1.54) is 6.92 Å². The fourth-order valence-electron chi connectivity index (χ4n) is 8.34. The third kappa shape index (κ3) is 14.2. The summed E-state index contributed by atoms with van der Waals surface area (Å²) >= 11 is 0. The first kappa shape index (κ1) is 48.8. The molecular weight excluding hydrogens is 865 g/mol. The number of hydrogen-bond donors (Lipinski definition) is 1. The molecule has 8 rings (SSSR count). The fraction of sp³-hybridized carbons (Fsp3) is 0.339. The monoisotopic (exact) mass is 924 g/mol. The van der Waals surface area contributed by atoms with E-state index in [1.807, 2.05) is 182 Å². The zero-order valence-corrected chi connectivity index (χ0v) is 38.2. The number of aliphatic hydroxyl groups excluding tert-OH is 1. The molecular formula is C56H60O12. The predicted octanol–water partition coefficient (Wildman–Crippen LogP) is 8.52. The first-order valence-electron chi connectivity index (χ1n) is 23.1. The van der Waals surface area contributed by atoms with Gasteiger partial charge in [0.05, 0.1) is 52.9 Å². The van der Waals surface area contributed by atoms with E-state index in [2.05, 4.69) is 0 Å². The number of ether oxygens (including phenoxy) is 10. The number of esters is 1. The van der Waals surface area contributed by atoms with Gasteiger partial charge in [0.2, 0.25) is 0 Å². The number of hydrogen-bond acceptors (Lipinski definition) is 12. The van der Waals surface area contributed by atoms with Crippen molar-refractivity contribution in [2.45, 2.75) is 108 Å². The van der Waals surface area contributed by atoms with Gasteiger partial charge in [0.1, 0.15) is 42.7 Å². The van der Waals surface area contributed by atoms with Gasteiger partial charge < -0.3 is 52.5 Å². The van der Waals surface area contributed by atoms with Crippen LogP contribution in [0, 0.1) is 0 Å². The zero-order chi connectivity index (χ0) is 46.8. The van der Waals surface area contributed by atoms with E-state index in [1.54, 1.807) is 0 Å². The fourth-order valence-corrected chi connectivity index (χ4v) is 8.34. The number of aliphatic hydroxyl groups is 1. The van der Waals surface area contributed by atoms with Crippen LogP contribution in [-0.4, -0.2) is 85.7 Å². The van der Waals surface area contributed by atoms with Crippen LogP contribution in [0.1, 0.15) is 40.3 Å². The molecule has 0 aliphatic carbocycles. The number of benzene rings is 6. The number of rotatable bonds is 23. The van der Waals surface area contributed by atoms with Crippen LogP contribution in [-0.2, 0) is 91.8 Å². The van der Waals surface area contributed by atoms with Crippen LogP contribution in [0.5, 0.6) is 0 Å². The summed E-state index contributed by atoms with van der Waals surface area (Å²) in [5.41, 5.74) is 5.59. The maximum Gasteiger partial charge on any atom is 0.303 e. The Kier molecular flexibility index (Phi) is 18.4. The Balaban J connectivity index is 1.09. The van der Waals surface area contributed by atoms with Crippen molar-refractivity contribution in [2.75, 3.05) is 13.2 Å². The molecule has 12 heteroatoms. The molecule has 0 radical (unpaired) electrons. The maximum absolute atomic E-state index is 13.1. The minimum Gasteiger partial charge on any atom is -0.454 e. The molecule has 12 nitrogen and oxygen atoms in total. The number of carbonyl (C=O) groups is 1. The van der Waals surface area contributed by atoms with Crippen LogP contribution < -0.4 is 0 Å². The Morgan fingerprint density at radius 3 is 1.10 bits per heavy atom. The van der Waals surface area contributed by atoms with Crippen molar-refractivity contribution in [3.05, 3.63) is 215 Å². The summed E-state index contributed by atoms with van der Waals surface area (Å²) in [7, 11) is 0. The highest BCUT2D eigenvalue weighted by Gasteiger charge is 2.52. The van der Waals surface area contributed by atoms with Crippen LogP contribution in [0.15, 0.2) is 182 Å². The molecule has 2 fully saturated rings. The summed E-state index contributed by atoms with van der Waals surface area (Å²) in [6, 6.07) is 58.6. The summed E-state index contributed by atoms with van der Waals surface area (Å²) in [5.74, 6) is -0.567. The standard InChI is InChI=1S/C56H60O12/c1-40(57)66-54-52(63-36-45-28-16-6-17-29-45)49(60-33-42-22-10-3-11-23-42)47(38-59-32-41-20-8-2-9-21-41)68-56(54)65-39-48-50(61-34-43-24-12-4-13-25-43)51(62-35-44-26-14-5-15-27-44)53(55(58)67-48)64-37-46-30-18-7-19-31-46/h2-31,47-56,58H,32-39H2,1H3/t47?,48?,49-,50-,51?,52?,53?,54?,55+,56-/m1/s1. The molecule has 6 aromatic carbocycles. The molecule has 0 aromatic heterocycles. The van der Waals surface area contributed by atoms with Gasteiger partial charge in [-0.05, 0) is 33.4 Å². The van der Waals surface area contributed by atoms with E-state index >= 15 is 0 Å². The van der Waals surface area contributed by atoms with Crippen molar-refractivity contribution in [2.24, 2.45) is 0 Å². The summed E-state index contributed by atoms with van der Waals surface area (Å²) in [5, 5.41) is 11.8. The van der Waals surface area contributed by atoms with E-state index in [9.17, 15) is 9.90 Å². The van der Waals surface area contributed by atoms with Gasteiger partial charge in [-0.15, -0.1) is 0 Å². The Labute approximate surface area is 398 Å². The van der Waals surface area contributed by atoms with Crippen LogP contribution in [0.2, 0.25) is 0 Å². The zero-order valence-electron chi connectivity index (χ0n) is 38.2. The van der Waals surface area contributed by atoms with E-state index in [4.69, 9.17) is 47.4 Å². The number of carbonyl (C=O) groups excluding carboxylic acids is 1. The van der Waals surface area contributed by atoms with Crippen molar-refractivity contribution in [3.63, 3.8) is 0 Å². The molecule has 2 aliphatic heterocycles. The lowest BCUT2D eigenvalue weighted by Crippen LogP contribution is -2.64. The summed E-state index contributed by atoms with van der Waals surface area (Å²) < 4.78 is 65.7. The minimum absolute atomic E-state index is 0.0868. The maximum atomic E-state index is 13.1. The second kappa shape index (κ2) is 25.7. The van der Waals surface area contributed by atoms with Crippen LogP contribution >= 0.6 is 0 Å². The molecule has 6 unspecified atom stereocenters. The molecule has 356 valence electrons. The molecule has 0 saturated carbocycles.